The van der Waals surface area contributed by atoms with E-state index in [1.165, 1.54) is 7.11 Å². The maximum atomic E-state index is 11.9. The highest BCUT2D eigenvalue weighted by atomic mass is 16.5. The zero-order valence-electron chi connectivity index (χ0n) is 10.6. The highest BCUT2D eigenvalue weighted by molar-refractivity contribution is 6.00. The molecule has 0 saturated heterocycles. The van der Waals surface area contributed by atoms with E-state index in [1.807, 2.05) is 0 Å². The number of carbonyl (C=O) groups is 1. The van der Waals surface area contributed by atoms with E-state index in [2.05, 4.69) is 19.2 Å². The Balaban J connectivity index is 2.75. The second-order valence-electron chi connectivity index (χ2n) is 4.14. The van der Waals surface area contributed by atoms with Crippen molar-refractivity contribution in [1.29, 1.82) is 0 Å². The molecular weight excluding hydrogens is 216 g/mol. The summed E-state index contributed by atoms with van der Waals surface area (Å²) in [4.78, 5) is 11.9. The molecule has 4 heteroatoms. The lowest BCUT2D eigenvalue weighted by Gasteiger charge is -2.12. The molecule has 0 saturated carbocycles. The van der Waals surface area contributed by atoms with E-state index in [4.69, 9.17) is 10.5 Å². The number of nitrogens with one attached hydrogen (secondary N) is 1. The summed E-state index contributed by atoms with van der Waals surface area (Å²) in [5.41, 5.74) is 6.70. The number of nitrogens with two attached hydrogens (primary N) is 1. The number of hydrogen-bond acceptors (Lipinski definition) is 3. The molecule has 4 nitrogen and oxygen atoms in total. The first-order valence-electron chi connectivity index (χ1n) is 5.80. The van der Waals surface area contributed by atoms with Gasteiger partial charge in [0.25, 0.3) is 5.91 Å². The summed E-state index contributed by atoms with van der Waals surface area (Å²) < 4.78 is 5.08. The van der Waals surface area contributed by atoms with E-state index in [0.29, 0.717) is 29.5 Å². The molecule has 0 aromatic heterocycles. The van der Waals surface area contributed by atoms with Gasteiger partial charge in [-0.3, -0.25) is 4.79 Å². The first-order chi connectivity index (χ1) is 8.10. The molecule has 3 N–H and O–H groups in total. The van der Waals surface area contributed by atoms with Crippen molar-refractivity contribution < 1.29 is 9.53 Å². The fraction of sp³-hybridized carbons (Fsp3) is 0.462. The van der Waals surface area contributed by atoms with Crippen LogP contribution in [0.1, 0.15) is 30.6 Å². The first-order valence-corrected chi connectivity index (χ1v) is 5.80. The van der Waals surface area contributed by atoms with Crippen LogP contribution in [0.5, 0.6) is 5.75 Å². The minimum atomic E-state index is -0.151. The summed E-state index contributed by atoms with van der Waals surface area (Å²) in [6, 6.07) is 5.19. The van der Waals surface area contributed by atoms with E-state index in [1.54, 1.807) is 18.2 Å². The summed E-state index contributed by atoms with van der Waals surface area (Å²) in [6.45, 7) is 4.85. The van der Waals surface area contributed by atoms with Crippen molar-refractivity contribution in [2.75, 3.05) is 19.4 Å². The van der Waals surface area contributed by atoms with Crippen LogP contribution in [0.15, 0.2) is 18.2 Å². The molecule has 0 aliphatic rings. The minimum Gasteiger partial charge on any atom is -0.495 e. The van der Waals surface area contributed by atoms with Gasteiger partial charge in [-0.15, -0.1) is 0 Å². The van der Waals surface area contributed by atoms with Crippen molar-refractivity contribution in [2.45, 2.75) is 20.3 Å². The molecular formula is C13H20N2O2. The van der Waals surface area contributed by atoms with Crippen molar-refractivity contribution >= 4 is 11.6 Å². The van der Waals surface area contributed by atoms with Crippen LogP contribution in [0, 0.1) is 5.92 Å². The van der Waals surface area contributed by atoms with E-state index >= 15 is 0 Å². The van der Waals surface area contributed by atoms with Gasteiger partial charge >= 0.3 is 0 Å². The number of methoxy groups -OCH3 is 1. The maximum Gasteiger partial charge on any atom is 0.253 e. The number of para-hydroxylation sites is 1. The number of ether oxygens (including phenoxy) is 1. The summed E-state index contributed by atoms with van der Waals surface area (Å²) in [6.07, 6.45) is 1.04. The normalized spacial score (nSPS) is 11.9. The SMILES string of the molecule is CCC(C)CNC(=O)c1cccc(OC)c1N. The average molecular weight is 236 g/mol. The molecule has 1 aromatic carbocycles. The first kappa shape index (κ1) is 13.4. The van der Waals surface area contributed by atoms with Crippen LogP contribution >= 0.6 is 0 Å². The number of anilines is 1. The lowest BCUT2D eigenvalue weighted by atomic mass is 10.1. The third kappa shape index (κ3) is 3.37. The van der Waals surface area contributed by atoms with E-state index in [-0.39, 0.29) is 5.91 Å². The second kappa shape index (κ2) is 6.13. The van der Waals surface area contributed by atoms with Gasteiger partial charge in [0, 0.05) is 6.54 Å². The monoisotopic (exact) mass is 236 g/mol. The van der Waals surface area contributed by atoms with Crippen molar-refractivity contribution in [3.8, 4) is 5.75 Å². The van der Waals surface area contributed by atoms with Crippen molar-refractivity contribution in [1.82, 2.24) is 5.32 Å². The second-order valence-corrected chi connectivity index (χ2v) is 4.14. The molecule has 1 aromatic rings. The van der Waals surface area contributed by atoms with Gasteiger partial charge in [-0.1, -0.05) is 26.3 Å². The van der Waals surface area contributed by atoms with Gasteiger partial charge in [0.2, 0.25) is 0 Å². The summed E-state index contributed by atoms with van der Waals surface area (Å²) in [5.74, 6) is 0.841. The van der Waals surface area contributed by atoms with Gasteiger partial charge in [-0.2, -0.15) is 0 Å². The van der Waals surface area contributed by atoms with Gasteiger partial charge in [0.05, 0.1) is 18.4 Å². The van der Waals surface area contributed by atoms with Crippen LogP contribution in [-0.2, 0) is 0 Å². The average Bonchev–Trinajstić information content (AvgIpc) is 2.35. The number of amides is 1. The highest BCUT2D eigenvalue weighted by Crippen LogP contribution is 2.24. The number of carbonyl (C=O) groups excluding carboxylic acids is 1. The van der Waals surface area contributed by atoms with Gasteiger partial charge < -0.3 is 15.8 Å². The number of benzene rings is 1. The predicted molar refractivity (Wildman–Crippen MR) is 69.2 cm³/mol. The lowest BCUT2D eigenvalue weighted by Crippen LogP contribution is -2.28. The van der Waals surface area contributed by atoms with Crippen LogP contribution in [0.2, 0.25) is 0 Å². The Bertz CT molecular complexity index is 391. The zero-order chi connectivity index (χ0) is 12.8. The molecule has 1 unspecified atom stereocenters. The Morgan fingerprint density at radius 1 is 1.53 bits per heavy atom. The minimum absolute atomic E-state index is 0.151. The molecule has 1 rings (SSSR count). The van der Waals surface area contributed by atoms with Crippen LogP contribution < -0.4 is 15.8 Å². The molecule has 0 radical (unpaired) electrons. The number of nitrogen functional groups attached to an aromatic ring is 1. The summed E-state index contributed by atoms with van der Waals surface area (Å²) >= 11 is 0. The van der Waals surface area contributed by atoms with E-state index in [9.17, 15) is 4.79 Å². The molecule has 0 fully saturated rings. The quantitative estimate of drug-likeness (QED) is 0.769. The number of rotatable bonds is 5. The molecule has 1 amide bonds. The van der Waals surface area contributed by atoms with Crippen LogP contribution in [-0.4, -0.2) is 19.6 Å². The topological polar surface area (TPSA) is 64.3 Å². The number of hydrogen-bond donors (Lipinski definition) is 2. The Kier molecular flexibility index (Phi) is 4.82. The van der Waals surface area contributed by atoms with Crippen molar-refractivity contribution in [2.24, 2.45) is 5.92 Å². The Labute approximate surface area is 102 Å². The Hall–Kier alpha value is -1.71. The standard InChI is InChI=1S/C13H20N2O2/c1-4-9(2)8-15-13(16)10-6-5-7-11(17-3)12(10)14/h5-7,9H,4,8,14H2,1-3H3,(H,15,16). The van der Waals surface area contributed by atoms with Crippen LogP contribution in [0.25, 0.3) is 0 Å². The predicted octanol–water partition coefficient (Wildman–Crippen LogP) is 2.05. The Morgan fingerprint density at radius 2 is 2.24 bits per heavy atom. The molecule has 0 spiro atoms. The fourth-order valence-corrected chi connectivity index (χ4v) is 1.43. The molecule has 17 heavy (non-hydrogen) atoms. The molecule has 0 bridgehead atoms. The van der Waals surface area contributed by atoms with Gasteiger partial charge in [-0.05, 0) is 18.1 Å². The maximum absolute atomic E-state index is 11.9. The molecule has 94 valence electrons. The van der Waals surface area contributed by atoms with E-state index in [0.717, 1.165) is 6.42 Å². The zero-order valence-corrected chi connectivity index (χ0v) is 10.6. The third-order valence-electron chi connectivity index (χ3n) is 2.84. The largest absolute Gasteiger partial charge is 0.495 e. The third-order valence-corrected chi connectivity index (χ3v) is 2.84. The lowest BCUT2D eigenvalue weighted by molar-refractivity contribution is 0.0948. The summed E-state index contributed by atoms with van der Waals surface area (Å²) in [5, 5.41) is 2.87. The van der Waals surface area contributed by atoms with Crippen LogP contribution in [0.3, 0.4) is 0 Å². The van der Waals surface area contributed by atoms with Gasteiger partial charge in [0.15, 0.2) is 0 Å². The van der Waals surface area contributed by atoms with Gasteiger partial charge in [-0.25, -0.2) is 0 Å². The smallest absolute Gasteiger partial charge is 0.253 e. The highest BCUT2D eigenvalue weighted by Gasteiger charge is 2.13. The van der Waals surface area contributed by atoms with Crippen molar-refractivity contribution in [3.05, 3.63) is 23.8 Å². The summed E-state index contributed by atoms with van der Waals surface area (Å²) in [7, 11) is 1.53. The molecule has 1 atom stereocenters. The van der Waals surface area contributed by atoms with Gasteiger partial charge in [0.1, 0.15) is 5.75 Å². The molecule has 0 aliphatic carbocycles. The fourth-order valence-electron chi connectivity index (χ4n) is 1.43. The Morgan fingerprint density at radius 3 is 2.82 bits per heavy atom. The van der Waals surface area contributed by atoms with Crippen LogP contribution in [0.4, 0.5) is 5.69 Å². The molecule has 0 heterocycles. The van der Waals surface area contributed by atoms with Crippen molar-refractivity contribution in [3.63, 3.8) is 0 Å². The van der Waals surface area contributed by atoms with E-state index < -0.39 is 0 Å². The molecule has 0 aliphatic heterocycles.